The van der Waals surface area contributed by atoms with E-state index in [9.17, 15) is 0 Å². The molecule has 1 aliphatic rings. The summed E-state index contributed by atoms with van der Waals surface area (Å²) in [5, 5.41) is 3.72. The number of benzene rings is 1. The van der Waals surface area contributed by atoms with Crippen molar-refractivity contribution in [1.82, 2.24) is 5.32 Å². The highest BCUT2D eigenvalue weighted by Crippen LogP contribution is 2.37. The Kier molecular flexibility index (Phi) is 4.65. The van der Waals surface area contributed by atoms with E-state index in [2.05, 4.69) is 50.4 Å². The van der Waals surface area contributed by atoms with Crippen LogP contribution in [0.4, 0.5) is 0 Å². The smallest absolute Gasteiger partial charge is 0.122 e. The molecule has 1 aromatic rings. The lowest BCUT2D eigenvalue weighted by Crippen LogP contribution is -2.41. The monoisotopic (exact) mass is 247 g/mol. The number of fused-ring (bicyclic) bond motifs is 1. The molecular formula is C16H25NO. The van der Waals surface area contributed by atoms with Gasteiger partial charge in [0.25, 0.3) is 0 Å². The minimum Gasteiger partial charge on any atom is -0.493 e. The summed E-state index contributed by atoms with van der Waals surface area (Å²) in [6, 6.07) is 9.00. The van der Waals surface area contributed by atoms with E-state index in [1.807, 2.05) is 0 Å². The first-order valence-electron chi connectivity index (χ1n) is 7.23. The molecule has 18 heavy (non-hydrogen) atoms. The highest BCUT2D eigenvalue weighted by Gasteiger charge is 2.33. The summed E-state index contributed by atoms with van der Waals surface area (Å²) in [6.45, 7) is 8.75. The fraction of sp³-hybridized carbons (Fsp3) is 0.625. The van der Waals surface area contributed by atoms with E-state index >= 15 is 0 Å². The summed E-state index contributed by atoms with van der Waals surface area (Å²) in [6.07, 6.45) is 2.39. The van der Waals surface area contributed by atoms with Crippen molar-refractivity contribution in [3.05, 3.63) is 29.8 Å². The van der Waals surface area contributed by atoms with Crippen LogP contribution in [0.5, 0.6) is 5.75 Å². The van der Waals surface area contributed by atoms with Gasteiger partial charge in [-0.1, -0.05) is 45.4 Å². The summed E-state index contributed by atoms with van der Waals surface area (Å²) in [7, 11) is 0. The van der Waals surface area contributed by atoms with Crippen molar-refractivity contribution in [2.75, 3.05) is 13.2 Å². The van der Waals surface area contributed by atoms with Gasteiger partial charge in [0, 0.05) is 17.5 Å². The third kappa shape index (κ3) is 2.69. The number of rotatable bonds is 6. The SMILES string of the molecule is CCCNC(C(C)CC)C1COc2ccccc21. The van der Waals surface area contributed by atoms with Crippen LogP contribution < -0.4 is 10.1 Å². The van der Waals surface area contributed by atoms with Gasteiger partial charge in [-0.25, -0.2) is 0 Å². The van der Waals surface area contributed by atoms with Gasteiger partial charge in [0.05, 0.1) is 6.61 Å². The molecule has 0 amide bonds. The van der Waals surface area contributed by atoms with Crippen LogP contribution in [0.15, 0.2) is 24.3 Å². The first kappa shape index (κ1) is 13.4. The summed E-state index contributed by atoms with van der Waals surface area (Å²) in [4.78, 5) is 0. The van der Waals surface area contributed by atoms with Crippen LogP contribution >= 0.6 is 0 Å². The third-order valence-corrected chi connectivity index (χ3v) is 4.06. The Balaban J connectivity index is 2.16. The quantitative estimate of drug-likeness (QED) is 0.829. The zero-order valence-electron chi connectivity index (χ0n) is 11.8. The fourth-order valence-electron chi connectivity index (χ4n) is 2.79. The van der Waals surface area contributed by atoms with Crippen LogP contribution in [-0.4, -0.2) is 19.2 Å². The second kappa shape index (κ2) is 6.24. The van der Waals surface area contributed by atoms with Gasteiger partial charge in [-0.2, -0.15) is 0 Å². The van der Waals surface area contributed by atoms with E-state index in [0.717, 1.165) is 18.9 Å². The second-order valence-electron chi connectivity index (χ2n) is 5.32. The van der Waals surface area contributed by atoms with Gasteiger partial charge >= 0.3 is 0 Å². The summed E-state index contributed by atoms with van der Waals surface area (Å²) in [5.41, 5.74) is 1.38. The highest BCUT2D eigenvalue weighted by molar-refractivity contribution is 5.40. The van der Waals surface area contributed by atoms with Crippen molar-refractivity contribution in [3.8, 4) is 5.75 Å². The van der Waals surface area contributed by atoms with Crippen LogP contribution in [0.1, 0.15) is 45.1 Å². The number of ether oxygens (including phenoxy) is 1. The van der Waals surface area contributed by atoms with E-state index < -0.39 is 0 Å². The van der Waals surface area contributed by atoms with E-state index in [-0.39, 0.29) is 0 Å². The Hall–Kier alpha value is -1.02. The topological polar surface area (TPSA) is 21.3 Å². The maximum atomic E-state index is 5.83. The lowest BCUT2D eigenvalue weighted by atomic mass is 9.84. The average Bonchev–Trinajstić information content (AvgIpc) is 2.83. The molecule has 0 fully saturated rings. The number of hydrogen-bond acceptors (Lipinski definition) is 2. The molecule has 0 aliphatic carbocycles. The van der Waals surface area contributed by atoms with Gasteiger partial charge in [0.2, 0.25) is 0 Å². The molecule has 1 aliphatic heterocycles. The summed E-state index contributed by atoms with van der Waals surface area (Å²) < 4.78 is 5.83. The molecule has 0 bridgehead atoms. The second-order valence-corrected chi connectivity index (χ2v) is 5.32. The molecule has 1 N–H and O–H groups in total. The van der Waals surface area contributed by atoms with Crippen molar-refractivity contribution in [2.45, 2.75) is 45.6 Å². The molecule has 2 nitrogen and oxygen atoms in total. The largest absolute Gasteiger partial charge is 0.493 e. The van der Waals surface area contributed by atoms with Crippen molar-refractivity contribution < 1.29 is 4.74 Å². The molecule has 0 spiro atoms. The molecule has 1 heterocycles. The van der Waals surface area contributed by atoms with Gasteiger partial charge in [-0.15, -0.1) is 0 Å². The summed E-state index contributed by atoms with van der Waals surface area (Å²) >= 11 is 0. The molecule has 1 aromatic carbocycles. The number of nitrogens with one attached hydrogen (secondary N) is 1. The molecule has 100 valence electrons. The Bertz CT molecular complexity index is 377. The Morgan fingerprint density at radius 1 is 1.33 bits per heavy atom. The molecule has 2 rings (SSSR count). The molecule has 3 atom stereocenters. The zero-order valence-corrected chi connectivity index (χ0v) is 11.8. The normalized spacial score (nSPS) is 21.2. The number of para-hydroxylation sites is 1. The highest BCUT2D eigenvalue weighted by atomic mass is 16.5. The van der Waals surface area contributed by atoms with Crippen LogP contribution in [0.2, 0.25) is 0 Å². The first-order chi connectivity index (χ1) is 8.77. The van der Waals surface area contributed by atoms with E-state index in [1.165, 1.54) is 18.4 Å². The summed E-state index contributed by atoms with van der Waals surface area (Å²) in [5.74, 6) is 2.26. The van der Waals surface area contributed by atoms with E-state index in [1.54, 1.807) is 0 Å². The van der Waals surface area contributed by atoms with Crippen molar-refractivity contribution >= 4 is 0 Å². The minimum atomic E-state index is 0.502. The Morgan fingerprint density at radius 3 is 2.83 bits per heavy atom. The first-order valence-corrected chi connectivity index (χ1v) is 7.23. The molecule has 0 saturated heterocycles. The van der Waals surface area contributed by atoms with Gasteiger partial charge < -0.3 is 10.1 Å². The van der Waals surface area contributed by atoms with E-state index in [4.69, 9.17) is 4.74 Å². The Labute approximate surface area is 111 Å². The lowest BCUT2D eigenvalue weighted by molar-refractivity contribution is 0.257. The van der Waals surface area contributed by atoms with Gasteiger partial charge in [0.15, 0.2) is 0 Å². The molecular weight excluding hydrogens is 222 g/mol. The van der Waals surface area contributed by atoms with Crippen LogP contribution in [0.3, 0.4) is 0 Å². The van der Waals surface area contributed by atoms with Crippen LogP contribution in [-0.2, 0) is 0 Å². The maximum Gasteiger partial charge on any atom is 0.122 e. The van der Waals surface area contributed by atoms with Crippen LogP contribution in [0, 0.1) is 5.92 Å². The maximum absolute atomic E-state index is 5.83. The van der Waals surface area contributed by atoms with Crippen molar-refractivity contribution in [2.24, 2.45) is 5.92 Å². The van der Waals surface area contributed by atoms with Gasteiger partial charge in [-0.05, 0) is 24.9 Å². The zero-order chi connectivity index (χ0) is 13.0. The fourth-order valence-corrected chi connectivity index (χ4v) is 2.79. The van der Waals surface area contributed by atoms with Gasteiger partial charge in [-0.3, -0.25) is 0 Å². The van der Waals surface area contributed by atoms with Crippen molar-refractivity contribution in [1.29, 1.82) is 0 Å². The predicted molar refractivity (Wildman–Crippen MR) is 76.2 cm³/mol. The minimum absolute atomic E-state index is 0.502. The molecule has 2 heteroatoms. The molecule has 0 aromatic heterocycles. The predicted octanol–water partition coefficient (Wildman–Crippen LogP) is 3.58. The number of hydrogen-bond donors (Lipinski definition) is 1. The standard InChI is InChI=1S/C16H25NO/c1-4-10-17-16(12(3)5-2)14-11-18-15-9-7-6-8-13(14)15/h6-9,12,14,16-17H,4-5,10-11H2,1-3H3. The molecule has 3 unspecified atom stereocenters. The molecule has 0 saturated carbocycles. The van der Waals surface area contributed by atoms with Gasteiger partial charge in [0.1, 0.15) is 5.75 Å². The molecule has 0 radical (unpaired) electrons. The van der Waals surface area contributed by atoms with E-state index in [0.29, 0.717) is 17.9 Å². The average molecular weight is 247 g/mol. The lowest BCUT2D eigenvalue weighted by Gasteiger charge is -2.29. The third-order valence-electron chi connectivity index (χ3n) is 4.06. The van der Waals surface area contributed by atoms with Crippen molar-refractivity contribution in [3.63, 3.8) is 0 Å². The van der Waals surface area contributed by atoms with Crippen LogP contribution in [0.25, 0.3) is 0 Å². The Morgan fingerprint density at radius 2 is 2.11 bits per heavy atom.